The summed E-state index contributed by atoms with van der Waals surface area (Å²) in [5.41, 5.74) is 7.50. The number of carbonyl (C=O) groups is 1. The number of nitrogens with two attached hydrogens (primary N) is 1. The number of nitrogens with one attached hydrogen (secondary N) is 1. The number of carbonyl (C=O) groups excluding carboxylic acids is 1. The van der Waals surface area contributed by atoms with Crippen molar-refractivity contribution in [1.82, 2.24) is 20.2 Å². The Morgan fingerprint density at radius 3 is 2.56 bits per heavy atom. The third-order valence-electron chi connectivity index (χ3n) is 7.07. The number of fused-ring (bicyclic) bond motifs is 1. The number of rotatable bonds is 6. The van der Waals surface area contributed by atoms with Crippen LogP contribution in [0.15, 0.2) is 36.4 Å². The first-order valence-electron chi connectivity index (χ1n) is 12.2. The van der Waals surface area contributed by atoms with Crippen LogP contribution in [-0.2, 0) is 4.79 Å². The van der Waals surface area contributed by atoms with Gasteiger partial charge in [-0.15, -0.1) is 0 Å². The summed E-state index contributed by atoms with van der Waals surface area (Å²) in [6.45, 7) is 2.17. The standard InChI is InChI=1S/C26H31FN6O3/c1-35-20-15-18-23(22(27)24(20)36-2)30-26(31-25(18)28)33-12-10-32(11-13-33)21(34)14-17-8-9-19(29-17)16-6-4-3-5-7-16/h3-7,15,17,19,29H,8-14H2,1-2H3,(H2,28,30,31)/t17?,19-/m1/s1. The van der Waals surface area contributed by atoms with Crippen LogP contribution in [0.2, 0.25) is 0 Å². The van der Waals surface area contributed by atoms with Crippen LogP contribution in [0.3, 0.4) is 0 Å². The number of ether oxygens (including phenoxy) is 2. The minimum Gasteiger partial charge on any atom is -0.493 e. The number of piperazine rings is 1. The average Bonchev–Trinajstić information content (AvgIpc) is 3.38. The second-order valence-corrected chi connectivity index (χ2v) is 9.21. The highest BCUT2D eigenvalue weighted by molar-refractivity contribution is 5.92. The number of aromatic nitrogens is 2. The van der Waals surface area contributed by atoms with Gasteiger partial charge in [-0.05, 0) is 24.5 Å². The fourth-order valence-electron chi connectivity index (χ4n) is 5.10. The van der Waals surface area contributed by atoms with Gasteiger partial charge in [0.25, 0.3) is 0 Å². The molecule has 0 spiro atoms. The molecular formula is C26H31FN6O3. The summed E-state index contributed by atoms with van der Waals surface area (Å²) in [5.74, 6) is 0.190. The molecule has 2 aliphatic heterocycles. The molecule has 2 saturated heterocycles. The van der Waals surface area contributed by atoms with Crippen molar-refractivity contribution in [2.24, 2.45) is 0 Å². The Morgan fingerprint density at radius 2 is 1.86 bits per heavy atom. The number of hydrogen-bond donors (Lipinski definition) is 2. The third kappa shape index (κ3) is 4.60. The molecule has 5 rings (SSSR count). The lowest BCUT2D eigenvalue weighted by Gasteiger charge is -2.35. The van der Waals surface area contributed by atoms with Gasteiger partial charge in [-0.1, -0.05) is 30.3 Å². The van der Waals surface area contributed by atoms with Crippen LogP contribution in [0.4, 0.5) is 16.2 Å². The van der Waals surface area contributed by atoms with Crippen LogP contribution in [0.25, 0.3) is 10.9 Å². The van der Waals surface area contributed by atoms with Crippen molar-refractivity contribution in [2.45, 2.75) is 31.3 Å². The smallest absolute Gasteiger partial charge is 0.228 e. The van der Waals surface area contributed by atoms with Crippen molar-refractivity contribution < 1.29 is 18.7 Å². The zero-order valence-electron chi connectivity index (χ0n) is 20.5. The van der Waals surface area contributed by atoms with Crippen LogP contribution in [0, 0.1) is 5.82 Å². The number of anilines is 2. The van der Waals surface area contributed by atoms with Crippen molar-refractivity contribution >= 4 is 28.6 Å². The Labute approximate surface area is 209 Å². The van der Waals surface area contributed by atoms with Gasteiger partial charge in [0.15, 0.2) is 17.3 Å². The van der Waals surface area contributed by atoms with Crippen molar-refractivity contribution in [3.05, 3.63) is 47.8 Å². The van der Waals surface area contributed by atoms with Gasteiger partial charge in [-0.2, -0.15) is 4.98 Å². The number of nitrogens with zero attached hydrogens (tertiary/aromatic N) is 4. The molecule has 1 aromatic heterocycles. The van der Waals surface area contributed by atoms with E-state index in [0.717, 1.165) is 12.8 Å². The molecule has 10 heteroatoms. The zero-order chi connectivity index (χ0) is 25.2. The van der Waals surface area contributed by atoms with Gasteiger partial charge >= 0.3 is 0 Å². The molecule has 2 aromatic carbocycles. The predicted octanol–water partition coefficient (Wildman–Crippen LogP) is 2.90. The summed E-state index contributed by atoms with van der Waals surface area (Å²) >= 11 is 0. The predicted molar refractivity (Wildman–Crippen MR) is 136 cm³/mol. The summed E-state index contributed by atoms with van der Waals surface area (Å²) in [4.78, 5) is 25.6. The van der Waals surface area contributed by atoms with Crippen molar-refractivity contribution in [1.29, 1.82) is 0 Å². The summed E-state index contributed by atoms with van der Waals surface area (Å²) in [5, 5.41) is 3.97. The first-order valence-corrected chi connectivity index (χ1v) is 12.2. The molecule has 9 nitrogen and oxygen atoms in total. The number of nitrogen functional groups attached to an aromatic ring is 1. The molecule has 3 heterocycles. The van der Waals surface area contributed by atoms with E-state index in [9.17, 15) is 4.79 Å². The molecular weight excluding hydrogens is 463 g/mol. The lowest BCUT2D eigenvalue weighted by molar-refractivity contribution is -0.132. The fourth-order valence-corrected chi connectivity index (χ4v) is 5.10. The molecule has 0 bridgehead atoms. The lowest BCUT2D eigenvalue weighted by atomic mass is 10.1. The summed E-state index contributed by atoms with van der Waals surface area (Å²) in [6.07, 6.45) is 2.49. The molecule has 3 N–H and O–H groups in total. The van der Waals surface area contributed by atoms with Gasteiger partial charge in [-0.25, -0.2) is 9.37 Å². The van der Waals surface area contributed by atoms with E-state index in [2.05, 4.69) is 27.4 Å². The topological polar surface area (TPSA) is 106 Å². The summed E-state index contributed by atoms with van der Waals surface area (Å²) in [7, 11) is 2.80. The molecule has 0 radical (unpaired) electrons. The first kappa shape index (κ1) is 24.1. The second-order valence-electron chi connectivity index (χ2n) is 9.21. The first-order chi connectivity index (χ1) is 17.5. The Morgan fingerprint density at radius 1 is 1.11 bits per heavy atom. The number of hydrogen-bond acceptors (Lipinski definition) is 8. The van der Waals surface area contributed by atoms with E-state index in [1.807, 2.05) is 28.0 Å². The van der Waals surface area contributed by atoms with Crippen molar-refractivity contribution in [3.8, 4) is 11.5 Å². The molecule has 36 heavy (non-hydrogen) atoms. The van der Waals surface area contributed by atoms with Gasteiger partial charge in [0.05, 0.1) is 14.2 Å². The van der Waals surface area contributed by atoms with Crippen LogP contribution < -0.4 is 25.4 Å². The normalized spacial score (nSPS) is 20.1. The molecule has 0 saturated carbocycles. The maximum atomic E-state index is 15.1. The molecule has 1 unspecified atom stereocenters. The van der Waals surface area contributed by atoms with E-state index in [0.29, 0.717) is 50.0 Å². The minimum absolute atomic E-state index is 0.0282. The van der Waals surface area contributed by atoms with Crippen LogP contribution in [0.1, 0.15) is 30.9 Å². The lowest BCUT2D eigenvalue weighted by Crippen LogP contribution is -2.50. The van der Waals surface area contributed by atoms with E-state index in [1.165, 1.54) is 19.8 Å². The third-order valence-corrected chi connectivity index (χ3v) is 7.07. The van der Waals surface area contributed by atoms with Gasteiger partial charge in [-0.3, -0.25) is 4.79 Å². The van der Waals surface area contributed by atoms with Crippen LogP contribution >= 0.6 is 0 Å². The van der Waals surface area contributed by atoms with E-state index < -0.39 is 5.82 Å². The molecule has 0 aliphatic carbocycles. The molecule has 190 valence electrons. The molecule has 2 atom stereocenters. The fraction of sp³-hybridized carbons (Fsp3) is 0.423. The maximum Gasteiger partial charge on any atom is 0.228 e. The van der Waals surface area contributed by atoms with Gasteiger partial charge in [0.1, 0.15) is 11.3 Å². The highest BCUT2D eigenvalue weighted by Gasteiger charge is 2.30. The SMILES string of the molecule is COc1cc2c(N)nc(N3CCN(C(=O)CC4CC[C@H](c5ccccc5)N4)CC3)nc2c(F)c1OC. The number of methoxy groups -OCH3 is 2. The van der Waals surface area contributed by atoms with Crippen molar-refractivity contribution in [2.75, 3.05) is 51.0 Å². The average molecular weight is 495 g/mol. The molecule has 2 aliphatic rings. The molecule has 2 fully saturated rings. The highest BCUT2D eigenvalue weighted by atomic mass is 19.1. The quantitative estimate of drug-likeness (QED) is 0.539. The van der Waals surface area contributed by atoms with Gasteiger partial charge < -0.3 is 30.3 Å². The Kier molecular flexibility index (Phi) is 6.77. The van der Waals surface area contributed by atoms with E-state index >= 15 is 4.39 Å². The maximum absolute atomic E-state index is 15.1. The molecule has 3 aromatic rings. The largest absolute Gasteiger partial charge is 0.493 e. The highest BCUT2D eigenvalue weighted by Crippen LogP contribution is 2.37. The number of benzene rings is 2. The number of amides is 1. The molecule has 1 amide bonds. The monoisotopic (exact) mass is 494 g/mol. The van der Waals surface area contributed by atoms with Crippen LogP contribution in [0.5, 0.6) is 11.5 Å². The Hall–Kier alpha value is -3.66. The second kappa shape index (κ2) is 10.1. The number of halogens is 1. The van der Waals surface area contributed by atoms with Gasteiger partial charge in [0, 0.05) is 50.1 Å². The van der Waals surface area contributed by atoms with E-state index in [4.69, 9.17) is 15.2 Å². The van der Waals surface area contributed by atoms with Crippen molar-refractivity contribution in [3.63, 3.8) is 0 Å². The van der Waals surface area contributed by atoms with Crippen LogP contribution in [-0.4, -0.2) is 67.2 Å². The Bertz CT molecular complexity index is 1250. The minimum atomic E-state index is -0.645. The van der Waals surface area contributed by atoms with E-state index in [-0.39, 0.29) is 34.8 Å². The Balaban J connectivity index is 1.22. The summed E-state index contributed by atoms with van der Waals surface area (Å²) < 4.78 is 25.5. The summed E-state index contributed by atoms with van der Waals surface area (Å²) in [6, 6.07) is 12.4. The van der Waals surface area contributed by atoms with Gasteiger partial charge in [0.2, 0.25) is 11.9 Å². The zero-order valence-corrected chi connectivity index (χ0v) is 20.5. The van der Waals surface area contributed by atoms with E-state index in [1.54, 1.807) is 6.07 Å².